The fourth-order valence-corrected chi connectivity index (χ4v) is 8.38. The highest BCUT2D eigenvalue weighted by Gasteiger charge is 2.32. The minimum atomic E-state index is -1.05. The van der Waals surface area contributed by atoms with Crippen molar-refractivity contribution < 1.29 is 85.9 Å². The molecule has 5 N–H and O–H groups in total. The number of nitrogens with zero attached hydrogens (tertiary/aromatic N) is 7. The lowest BCUT2D eigenvalue weighted by molar-refractivity contribution is -0.165. The normalized spacial score (nSPS) is 12.8. The fraction of sp³-hybridized carbons (Fsp3) is 0.742. The smallest absolute Gasteiger partial charge is 0.329 e. The van der Waals surface area contributed by atoms with Crippen molar-refractivity contribution in [3.63, 3.8) is 0 Å². The van der Waals surface area contributed by atoms with Crippen LogP contribution in [-0.4, -0.2) is 196 Å². The van der Waals surface area contributed by atoms with E-state index in [0.717, 1.165) is 9.80 Å². The Hall–Kier alpha value is -7.69. The van der Waals surface area contributed by atoms with Gasteiger partial charge in [0, 0.05) is 37.8 Å². The van der Waals surface area contributed by atoms with Gasteiger partial charge in [0.2, 0.25) is 17.7 Å². The molecule has 0 aliphatic heterocycles. The first-order valence-electron chi connectivity index (χ1n) is 32.2. The highest BCUT2D eigenvalue weighted by atomic mass is 16.6. The monoisotopic (exact) mass is 1350 g/mol. The van der Waals surface area contributed by atoms with Gasteiger partial charge in [0.05, 0.1) is 19.1 Å². The zero-order chi connectivity index (χ0) is 73.1. The Morgan fingerprint density at radius 3 is 1.19 bits per heavy atom. The highest BCUT2D eigenvalue weighted by Crippen LogP contribution is 2.18. The van der Waals surface area contributed by atoms with Gasteiger partial charge in [0.15, 0.2) is 0 Å². The number of nitrogens with one attached hydrogen (secondary N) is 3. The topological polar surface area (TPSA) is 360 Å². The number of carbonyl (C=O) groups excluding carboxylic acids is 11. The summed E-state index contributed by atoms with van der Waals surface area (Å²) in [6, 6.07) is -2.71. The molecule has 2 heterocycles. The lowest BCUT2D eigenvalue weighted by Gasteiger charge is -2.27. The predicted octanol–water partition coefficient (Wildman–Crippen LogP) is 5.98. The summed E-state index contributed by atoms with van der Waals surface area (Å²) >= 11 is 0. The Morgan fingerprint density at radius 1 is 0.474 bits per heavy atom. The van der Waals surface area contributed by atoms with Gasteiger partial charge in [0.1, 0.15) is 103 Å². The summed E-state index contributed by atoms with van der Waals surface area (Å²) in [5, 5.41) is 7.81. The van der Waals surface area contributed by atoms with E-state index in [1.807, 2.05) is 25.7 Å². The van der Waals surface area contributed by atoms with Crippen molar-refractivity contribution in [1.82, 2.24) is 49.8 Å². The second-order valence-electron chi connectivity index (χ2n) is 29.8. The van der Waals surface area contributed by atoms with Gasteiger partial charge >= 0.3 is 47.8 Å². The quantitative estimate of drug-likeness (QED) is 0.0372. The number of unbranched alkanes of at least 4 members (excludes halogenated alkanes) is 2. The van der Waals surface area contributed by atoms with Gasteiger partial charge in [-0.2, -0.15) is 0 Å². The minimum absolute atomic E-state index is 0.107. The lowest BCUT2D eigenvalue weighted by atomic mass is 10.1. The van der Waals surface area contributed by atoms with Gasteiger partial charge in [-0.05, 0) is 184 Å². The Balaban J connectivity index is 0.00000464. The van der Waals surface area contributed by atoms with Crippen LogP contribution in [0.1, 0.15) is 209 Å². The van der Waals surface area contributed by atoms with E-state index in [9.17, 15) is 52.7 Å². The Kier molecular flexibility index (Phi) is 34.3. The zero-order valence-corrected chi connectivity index (χ0v) is 60.7. The number of imidazole rings is 2. The molecule has 540 valence electrons. The third-order valence-electron chi connectivity index (χ3n) is 11.9. The van der Waals surface area contributed by atoms with Crippen LogP contribution >= 0.6 is 0 Å². The van der Waals surface area contributed by atoms with Crippen molar-refractivity contribution in [2.75, 3.05) is 45.8 Å². The van der Waals surface area contributed by atoms with E-state index in [4.69, 9.17) is 38.9 Å². The van der Waals surface area contributed by atoms with Crippen molar-refractivity contribution >= 4 is 65.5 Å². The third kappa shape index (κ3) is 41.7. The van der Waals surface area contributed by atoms with Gasteiger partial charge < -0.3 is 73.8 Å². The molecule has 0 bridgehead atoms. The molecule has 2 aromatic rings. The van der Waals surface area contributed by atoms with E-state index in [1.54, 1.807) is 153 Å². The predicted molar refractivity (Wildman–Crippen MR) is 352 cm³/mol. The highest BCUT2D eigenvalue weighted by molar-refractivity contribution is 5.88. The van der Waals surface area contributed by atoms with Crippen molar-refractivity contribution in [2.24, 2.45) is 5.73 Å². The number of aromatic nitrogens is 4. The second-order valence-corrected chi connectivity index (χ2v) is 29.8. The molecule has 2 rings (SSSR count). The van der Waals surface area contributed by atoms with Gasteiger partial charge in [-0.3, -0.25) is 48.1 Å². The first-order valence-corrected chi connectivity index (χ1v) is 32.2. The van der Waals surface area contributed by atoms with Crippen LogP contribution in [0.3, 0.4) is 0 Å². The molecule has 2 unspecified atom stereocenters. The molecule has 2 aromatic heterocycles. The van der Waals surface area contributed by atoms with Crippen LogP contribution in [-0.2, 0) is 107 Å². The first kappa shape index (κ1) is 85.3. The van der Waals surface area contributed by atoms with Gasteiger partial charge in [-0.25, -0.2) is 19.6 Å². The van der Waals surface area contributed by atoms with Crippen molar-refractivity contribution in [3.05, 3.63) is 36.4 Å². The summed E-state index contributed by atoms with van der Waals surface area (Å²) < 4.78 is 40.8. The lowest BCUT2D eigenvalue weighted by Crippen LogP contribution is -2.49. The number of esters is 7. The van der Waals surface area contributed by atoms with E-state index in [0.29, 0.717) is 50.3 Å². The summed E-state index contributed by atoms with van der Waals surface area (Å²) in [5.41, 5.74) is 0.992. The molecule has 0 saturated carbocycles. The zero-order valence-electron chi connectivity index (χ0n) is 60.7. The van der Waals surface area contributed by atoms with Crippen molar-refractivity contribution in [3.8, 4) is 0 Å². The van der Waals surface area contributed by atoms with Gasteiger partial charge in [-0.15, -0.1) is 0 Å². The maximum Gasteiger partial charge on any atom is 0.329 e. The molecule has 0 radical (unpaired) electrons. The van der Waals surface area contributed by atoms with E-state index in [1.165, 1.54) is 12.4 Å². The molecule has 0 aliphatic rings. The van der Waals surface area contributed by atoms with Crippen molar-refractivity contribution in [2.45, 2.75) is 275 Å². The van der Waals surface area contributed by atoms with Crippen LogP contribution in [0.2, 0.25) is 0 Å². The van der Waals surface area contributed by atoms with E-state index >= 15 is 0 Å². The largest absolute Gasteiger partial charge is 0.460 e. The number of hydrogen-bond donors (Lipinski definition) is 4. The van der Waals surface area contributed by atoms with E-state index < -0.39 is 138 Å². The summed E-state index contributed by atoms with van der Waals surface area (Å²) in [4.78, 5) is 155. The Labute approximate surface area is 562 Å². The maximum absolute atomic E-state index is 14.1. The molecule has 29 nitrogen and oxygen atoms in total. The molecule has 0 fully saturated rings. The SMILES string of the molecule is CC(C)(C)OC(=O)CNC(=O)NC(CCCCNC(=O)C(N)CCCCN(Cc1nccn1CC(=O)N(CC(=O)OC(C)(C)C)CC(=O)OC(C)(C)C)Cc1nccn1CC(=O)N(CC(=O)OC(C)(C)C)CC(=O)OC(C)(C)C)C(=O)OC(C)(C)C.CCC(=O)OC(C)(C)C. The molecule has 0 saturated heterocycles. The van der Waals surface area contributed by atoms with Crippen LogP contribution < -0.4 is 21.7 Å². The second kappa shape index (κ2) is 38.2. The average Bonchev–Trinajstić information content (AvgIpc) is 1.80. The standard InChI is InChI=1S/C59H99N11O16.C7H14O2/c1-54(2,3)81-46(73)31-64-53(80)65-41(52(79)86-59(16,17)18)24-19-21-25-63-51(78)40(60)23-20-22-28-66(32-42-61-26-29-67(42)34-44(71)69(36-47(74)82-55(4,5)6)37-48(75)83-56(7,8)9)33-43-62-27-30-68(43)35-45(72)70(38-49(76)84-57(10,11)12)39-50(77)85-58(13,14)15;1-5-6(8)9-7(2,3)4/h26-27,29-30,40-41H,19-25,28,31-39,60H2,1-18H3,(H,63,78)(H2,64,65,80);5H2,1-4H3. The molecule has 0 spiro atoms. The Bertz CT molecular complexity index is 2660. The molecule has 5 amide bonds. The van der Waals surface area contributed by atoms with Crippen molar-refractivity contribution in [1.29, 1.82) is 0 Å². The summed E-state index contributed by atoms with van der Waals surface area (Å²) in [5.74, 6) is -5.15. The first-order chi connectivity index (χ1) is 43.3. The molecule has 2 atom stereocenters. The number of rotatable bonds is 32. The van der Waals surface area contributed by atoms with Crippen LogP contribution in [0, 0.1) is 0 Å². The Morgan fingerprint density at radius 2 is 0.832 bits per heavy atom. The number of hydrogen-bond acceptors (Lipinski definition) is 22. The molecule has 29 heteroatoms. The number of urea groups is 1. The number of carbonyl (C=O) groups is 11. The number of nitrogens with two attached hydrogens (primary N) is 1. The van der Waals surface area contributed by atoms with Crippen LogP contribution in [0.4, 0.5) is 4.79 Å². The molecule has 95 heavy (non-hydrogen) atoms. The fourth-order valence-electron chi connectivity index (χ4n) is 8.38. The van der Waals surface area contributed by atoms with E-state index in [2.05, 4.69) is 25.9 Å². The summed E-state index contributed by atoms with van der Waals surface area (Å²) in [6.45, 7) is 35.3. The van der Waals surface area contributed by atoms with E-state index in [-0.39, 0.29) is 57.1 Å². The molecular weight excluding hydrogens is 1230 g/mol. The van der Waals surface area contributed by atoms with Crippen LogP contribution in [0.15, 0.2) is 24.8 Å². The summed E-state index contributed by atoms with van der Waals surface area (Å²) in [6.07, 6.45) is 8.85. The average molecular weight is 1350 g/mol. The third-order valence-corrected chi connectivity index (χ3v) is 11.9. The number of ether oxygens (including phenoxy) is 7. The molecule has 0 aromatic carbocycles. The number of amides is 5. The van der Waals surface area contributed by atoms with Gasteiger partial charge in [0.25, 0.3) is 0 Å². The van der Waals surface area contributed by atoms with Gasteiger partial charge in [-0.1, -0.05) is 13.3 Å². The van der Waals surface area contributed by atoms with Crippen LogP contribution in [0.25, 0.3) is 0 Å². The van der Waals surface area contributed by atoms with Crippen LogP contribution in [0.5, 0.6) is 0 Å². The molecular formula is C66H113N11O18. The summed E-state index contributed by atoms with van der Waals surface area (Å²) in [7, 11) is 0. The molecule has 0 aliphatic carbocycles. The maximum atomic E-state index is 14.1. The minimum Gasteiger partial charge on any atom is -0.460 e.